The fourth-order valence-electron chi connectivity index (χ4n) is 3.47. The zero-order valence-electron chi connectivity index (χ0n) is 16.6. The molecule has 5 nitrogen and oxygen atoms in total. The zero-order valence-corrected chi connectivity index (χ0v) is 16.6. The highest BCUT2D eigenvalue weighted by atomic mass is 16.5. The van der Waals surface area contributed by atoms with E-state index in [1.54, 1.807) is 6.20 Å². The maximum Gasteiger partial charge on any atom is 0.101 e. The lowest BCUT2D eigenvalue weighted by Gasteiger charge is -2.26. The van der Waals surface area contributed by atoms with E-state index in [-0.39, 0.29) is 0 Å². The molecule has 0 aliphatic carbocycles. The summed E-state index contributed by atoms with van der Waals surface area (Å²) in [5, 5.41) is 9.15. The van der Waals surface area contributed by atoms with Crippen LogP contribution in [-0.2, 0) is 11.3 Å². The Kier molecular flexibility index (Phi) is 5.85. The van der Waals surface area contributed by atoms with E-state index in [0.717, 1.165) is 61.1 Å². The minimum atomic E-state index is 0.672. The second kappa shape index (κ2) is 8.87. The monoisotopic (exact) mass is 384 g/mol. The third-order valence-electron chi connectivity index (χ3n) is 5.16. The van der Waals surface area contributed by atoms with Crippen LogP contribution >= 0.6 is 0 Å². The van der Waals surface area contributed by atoms with Crippen molar-refractivity contribution in [3.63, 3.8) is 0 Å². The van der Waals surface area contributed by atoms with Gasteiger partial charge in [-0.1, -0.05) is 30.3 Å². The summed E-state index contributed by atoms with van der Waals surface area (Å²) in [6, 6.07) is 16.7. The summed E-state index contributed by atoms with van der Waals surface area (Å²) in [5.41, 5.74) is 6.85. The summed E-state index contributed by atoms with van der Waals surface area (Å²) in [6.07, 6.45) is 5.88. The first-order valence-corrected chi connectivity index (χ1v) is 9.84. The van der Waals surface area contributed by atoms with Gasteiger partial charge in [0, 0.05) is 42.8 Å². The summed E-state index contributed by atoms with van der Waals surface area (Å²) >= 11 is 0. The standard InChI is InChI=1S/C24H24N4O/c1-18-22(16-25)15-24(27-18)21-8-9-26-23(14-21)7-6-19-2-4-20(5-3-19)17-28-10-12-29-13-11-28/h2-9,14-15,27H,10-13,17H2,1H3. The Hall–Kier alpha value is -3.20. The topological polar surface area (TPSA) is 64.9 Å². The Morgan fingerprint density at radius 1 is 1.14 bits per heavy atom. The van der Waals surface area contributed by atoms with E-state index >= 15 is 0 Å². The van der Waals surface area contributed by atoms with Gasteiger partial charge < -0.3 is 9.72 Å². The lowest BCUT2D eigenvalue weighted by atomic mass is 10.1. The van der Waals surface area contributed by atoms with Crippen LogP contribution < -0.4 is 0 Å². The molecule has 2 aromatic heterocycles. The average molecular weight is 384 g/mol. The number of nitriles is 1. The molecule has 5 heteroatoms. The molecule has 0 spiro atoms. The van der Waals surface area contributed by atoms with Crippen LogP contribution in [0.5, 0.6) is 0 Å². The number of H-pyrrole nitrogens is 1. The molecule has 0 amide bonds. The summed E-state index contributed by atoms with van der Waals surface area (Å²) < 4.78 is 5.41. The van der Waals surface area contributed by atoms with Gasteiger partial charge in [0.1, 0.15) is 6.07 Å². The highest BCUT2D eigenvalue weighted by Crippen LogP contribution is 2.22. The largest absolute Gasteiger partial charge is 0.379 e. The summed E-state index contributed by atoms with van der Waals surface area (Å²) in [7, 11) is 0. The highest BCUT2D eigenvalue weighted by molar-refractivity contribution is 5.71. The lowest BCUT2D eigenvalue weighted by Crippen LogP contribution is -2.35. The summed E-state index contributed by atoms with van der Waals surface area (Å²) in [4.78, 5) is 10.1. The number of benzene rings is 1. The van der Waals surface area contributed by atoms with Gasteiger partial charge in [-0.25, -0.2) is 0 Å². The first-order chi connectivity index (χ1) is 14.2. The number of rotatable bonds is 5. The van der Waals surface area contributed by atoms with Crippen molar-refractivity contribution in [2.75, 3.05) is 26.3 Å². The number of pyridine rings is 1. The van der Waals surface area contributed by atoms with E-state index in [4.69, 9.17) is 10.00 Å². The SMILES string of the molecule is Cc1[nH]c(-c2ccnc(C=Cc3ccc(CN4CCOCC4)cc3)c2)cc1C#N. The molecular formula is C24H24N4O. The molecule has 0 radical (unpaired) electrons. The minimum absolute atomic E-state index is 0.672. The van der Waals surface area contributed by atoms with Gasteiger partial charge in [-0.3, -0.25) is 9.88 Å². The van der Waals surface area contributed by atoms with E-state index < -0.39 is 0 Å². The van der Waals surface area contributed by atoms with Crippen LogP contribution in [0.15, 0.2) is 48.7 Å². The second-order valence-electron chi connectivity index (χ2n) is 7.27. The smallest absolute Gasteiger partial charge is 0.101 e. The third kappa shape index (κ3) is 4.80. The van der Waals surface area contributed by atoms with Gasteiger partial charge in [0.25, 0.3) is 0 Å². The van der Waals surface area contributed by atoms with Crippen molar-refractivity contribution >= 4 is 12.2 Å². The summed E-state index contributed by atoms with van der Waals surface area (Å²) in [6.45, 7) is 6.53. The maximum atomic E-state index is 9.15. The average Bonchev–Trinajstić information content (AvgIpc) is 3.15. The number of nitrogens with one attached hydrogen (secondary N) is 1. The lowest BCUT2D eigenvalue weighted by molar-refractivity contribution is 0.0342. The Morgan fingerprint density at radius 3 is 2.66 bits per heavy atom. The van der Waals surface area contributed by atoms with Crippen LogP contribution in [0.25, 0.3) is 23.4 Å². The molecule has 1 aliphatic rings. The Balaban J connectivity index is 1.44. The Labute approximate surface area is 171 Å². The number of aromatic nitrogens is 2. The number of aromatic amines is 1. The molecule has 4 rings (SSSR count). The first kappa shape index (κ1) is 19.1. The highest BCUT2D eigenvalue weighted by Gasteiger charge is 2.10. The van der Waals surface area contributed by atoms with E-state index in [2.05, 4.69) is 51.3 Å². The second-order valence-corrected chi connectivity index (χ2v) is 7.27. The van der Waals surface area contributed by atoms with Gasteiger partial charge in [0.2, 0.25) is 0 Å². The zero-order chi connectivity index (χ0) is 20.1. The van der Waals surface area contributed by atoms with Gasteiger partial charge in [-0.05, 0) is 42.3 Å². The predicted octanol–water partition coefficient (Wildman–Crippen LogP) is 4.26. The van der Waals surface area contributed by atoms with Crippen molar-refractivity contribution < 1.29 is 4.74 Å². The van der Waals surface area contributed by atoms with Crippen molar-refractivity contribution in [2.24, 2.45) is 0 Å². The molecule has 29 heavy (non-hydrogen) atoms. The molecule has 3 heterocycles. The van der Waals surface area contributed by atoms with E-state index in [9.17, 15) is 0 Å². The molecule has 3 aromatic rings. The molecule has 1 fully saturated rings. The number of morpholine rings is 1. The molecule has 0 bridgehead atoms. The minimum Gasteiger partial charge on any atom is -0.379 e. The number of hydrogen-bond acceptors (Lipinski definition) is 4. The Bertz CT molecular complexity index is 1040. The van der Waals surface area contributed by atoms with E-state index in [1.807, 2.05) is 31.2 Å². The van der Waals surface area contributed by atoms with Crippen LogP contribution in [0.1, 0.15) is 28.1 Å². The molecule has 1 aliphatic heterocycles. The van der Waals surface area contributed by atoms with Crippen LogP contribution in [0.4, 0.5) is 0 Å². The number of ether oxygens (including phenoxy) is 1. The van der Waals surface area contributed by atoms with Gasteiger partial charge in [0.05, 0.1) is 24.5 Å². The summed E-state index contributed by atoms with van der Waals surface area (Å²) in [5.74, 6) is 0. The van der Waals surface area contributed by atoms with Gasteiger partial charge in [0.15, 0.2) is 0 Å². The van der Waals surface area contributed by atoms with E-state index in [1.165, 1.54) is 5.56 Å². The van der Waals surface area contributed by atoms with Gasteiger partial charge >= 0.3 is 0 Å². The van der Waals surface area contributed by atoms with Crippen LogP contribution in [0.2, 0.25) is 0 Å². The normalized spacial score (nSPS) is 14.9. The van der Waals surface area contributed by atoms with E-state index in [0.29, 0.717) is 5.56 Å². The molecular weight excluding hydrogens is 360 g/mol. The van der Waals surface area contributed by atoms with Crippen molar-refractivity contribution in [1.29, 1.82) is 5.26 Å². The first-order valence-electron chi connectivity index (χ1n) is 9.84. The quantitative estimate of drug-likeness (QED) is 0.714. The number of nitrogens with zero attached hydrogens (tertiary/aromatic N) is 3. The number of hydrogen-bond donors (Lipinski definition) is 1. The van der Waals surface area contributed by atoms with Crippen LogP contribution in [0.3, 0.4) is 0 Å². The van der Waals surface area contributed by atoms with Crippen molar-refractivity contribution in [3.05, 3.63) is 76.7 Å². The maximum absolute atomic E-state index is 9.15. The Morgan fingerprint density at radius 2 is 1.93 bits per heavy atom. The van der Waals surface area contributed by atoms with Crippen molar-refractivity contribution in [3.8, 4) is 17.3 Å². The predicted molar refractivity (Wildman–Crippen MR) is 115 cm³/mol. The fraction of sp³-hybridized carbons (Fsp3) is 0.250. The van der Waals surface area contributed by atoms with Crippen LogP contribution in [-0.4, -0.2) is 41.2 Å². The molecule has 146 valence electrons. The molecule has 1 saturated heterocycles. The third-order valence-corrected chi connectivity index (χ3v) is 5.16. The molecule has 1 aromatic carbocycles. The molecule has 0 saturated carbocycles. The van der Waals surface area contributed by atoms with Crippen molar-refractivity contribution in [2.45, 2.75) is 13.5 Å². The van der Waals surface area contributed by atoms with Gasteiger partial charge in [-0.2, -0.15) is 5.26 Å². The van der Waals surface area contributed by atoms with Crippen LogP contribution in [0, 0.1) is 18.3 Å². The number of aryl methyl sites for hydroxylation is 1. The molecule has 1 N–H and O–H groups in total. The molecule has 0 atom stereocenters. The molecule has 0 unspecified atom stereocenters. The van der Waals surface area contributed by atoms with Crippen molar-refractivity contribution in [1.82, 2.24) is 14.9 Å². The van der Waals surface area contributed by atoms with Gasteiger partial charge in [-0.15, -0.1) is 0 Å². The fourth-order valence-corrected chi connectivity index (χ4v) is 3.47.